The summed E-state index contributed by atoms with van der Waals surface area (Å²) < 4.78 is 101. The second kappa shape index (κ2) is 10.2. The van der Waals surface area contributed by atoms with Gasteiger partial charge in [-0.1, -0.05) is 18.2 Å². The number of rotatable bonds is 5. The van der Waals surface area contributed by atoms with Crippen molar-refractivity contribution in [3.05, 3.63) is 82.3 Å². The molecule has 1 saturated heterocycles. The summed E-state index contributed by atoms with van der Waals surface area (Å²) in [5.74, 6) is 0.0312. The van der Waals surface area contributed by atoms with E-state index in [1.165, 1.54) is 24.8 Å². The third-order valence-corrected chi connectivity index (χ3v) is 8.31. The van der Waals surface area contributed by atoms with Gasteiger partial charge in [-0.25, -0.2) is 4.39 Å². The summed E-state index contributed by atoms with van der Waals surface area (Å²) in [7, 11) is 0. The van der Waals surface area contributed by atoms with Crippen LogP contribution in [0.4, 0.5) is 30.7 Å². The Morgan fingerprint density at radius 3 is 2.13 bits per heavy atom. The number of hydrogen-bond donors (Lipinski definition) is 0. The fourth-order valence-corrected chi connectivity index (χ4v) is 6.47. The van der Waals surface area contributed by atoms with Crippen molar-refractivity contribution in [3.63, 3.8) is 0 Å². The molecule has 5 rings (SSSR count). The summed E-state index contributed by atoms with van der Waals surface area (Å²) in [5, 5.41) is 0. The first-order valence-corrected chi connectivity index (χ1v) is 13.0. The predicted octanol–water partition coefficient (Wildman–Crippen LogP) is 8.50. The average Bonchev–Trinajstić information content (AvgIpc) is 3.53. The smallest absolute Gasteiger partial charge is 0.374 e. The van der Waals surface area contributed by atoms with E-state index in [4.69, 9.17) is 4.74 Å². The molecule has 38 heavy (non-hydrogen) atoms. The van der Waals surface area contributed by atoms with Crippen LogP contribution in [-0.4, -0.2) is 24.1 Å². The van der Waals surface area contributed by atoms with E-state index >= 15 is 0 Å². The fourth-order valence-electron chi connectivity index (χ4n) is 6.47. The lowest BCUT2D eigenvalue weighted by molar-refractivity contribution is -0.143. The number of halogens is 7. The van der Waals surface area contributed by atoms with Crippen LogP contribution in [0.1, 0.15) is 73.3 Å². The molecule has 0 aromatic heterocycles. The minimum Gasteiger partial charge on any atom is -0.374 e. The Hall–Kier alpha value is -2.55. The first-order valence-electron chi connectivity index (χ1n) is 13.0. The lowest BCUT2D eigenvalue weighted by Crippen LogP contribution is -2.38. The van der Waals surface area contributed by atoms with Crippen LogP contribution in [0.25, 0.3) is 0 Å². The fraction of sp³-hybridized carbons (Fsp3) is 0.517. The zero-order valence-electron chi connectivity index (χ0n) is 21.0. The van der Waals surface area contributed by atoms with E-state index in [1.54, 1.807) is 12.1 Å². The van der Waals surface area contributed by atoms with Gasteiger partial charge in [0.25, 0.3) is 0 Å². The van der Waals surface area contributed by atoms with E-state index in [2.05, 4.69) is 11.0 Å². The molecule has 0 bridgehead atoms. The Bertz CT molecular complexity index is 1140. The lowest BCUT2D eigenvalue weighted by Gasteiger charge is -2.41. The van der Waals surface area contributed by atoms with Gasteiger partial charge in [-0.3, -0.25) is 0 Å². The van der Waals surface area contributed by atoms with Crippen LogP contribution >= 0.6 is 0 Å². The van der Waals surface area contributed by atoms with Gasteiger partial charge in [0.05, 0.1) is 23.3 Å². The molecule has 3 aliphatic rings. The number of nitrogens with zero attached hydrogens (tertiary/aromatic N) is 1. The Kier molecular flexibility index (Phi) is 7.26. The van der Waals surface area contributed by atoms with E-state index in [-0.39, 0.29) is 29.3 Å². The number of ether oxygens (including phenoxy) is 1. The molecule has 2 aromatic rings. The van der Waals surface area contributed by atoms with Gasteiger partial charge in [0.2, 0.25) is 0 Å². The number of likely N-dealkylation sites (tertiary alicyclic amines) is 1. The molecule has 2 nitrogen and oxygen atoms in total. The van der Waals surface area contributed by atoms with Gasteiger partial charge in [-0.15, -0.1) is 0 Å². The quantitative estimate of drug-likeness (QED) is 0.352. The maximum atomic E-state index is 13.8. The highest BCUT2D eigenvalue weighted by Gasteiger charge is 2.47. The molecule has 0 unspecified atom stereocenters. The maximum Gasteiger partial charge on any atom is 0.416 e. The predicted molar refractivity (Wildman–Crippen MR) is 129 cm³/mol. The lowest BCUT2D eigenvalue weighted by atomic mass is 9.69. The van der Waals surface area contributed by atoms with Crippen LogP contribution in [-0.2, 0) is 17.1 Å². The van der Waals surface area contributed by atoms with E-state index in [9.17, 15) is 30.7 Å². The van der Waals surface area contributed by atoms with Crippen molar-refractivity contribution in [2.45, 2.75) is 69.5 Å². The molecule has 1 aliphatic heterocycles. The van der Waals surface area contributed by atoms with Crippen LogP contribution in [0.5, 0.6) is 0 Å². The molecular weight excluding hydrogens is 511 g/mol. The topological polar surface area (TPSA) is 12.5 Å². The van der Waals surface area contributed by atoms with Crippen LogP contribution in [0, 0.1) is 17.7 Å². The molecule has 1 heterocycles. The SMILES string of the molecule is C[C@@H](O[C@H]1CC[C@@H]2CN(C3=CCCC3)C[C@H]2[C@@H]1c1ccc(F)cc1)c1cc(C(F)(F)F)cc(C(F)(F)F)c1. The summed E-state index contributed by atoms with van der Waals surface area (Å²) in [6.45, 7) is 3.21. The van der Waals surface area contributed by atoms with Gasteiger partial charge < -0.3 is 9.64 Å². The zero-order chi connectivity index (χ0) is 27.2. The van der Waals surface area contributed by atoms with Crippen molar-refractivity contribution in [2.24, 2.45) is 11.8 Å². The van der Waals surface area contributed by atoms with Crippen molar-refractivity contribution in [1.82, 2.24) is 4.90 Å². The van der Waals surface area contributed by atoms with E-state index in [0.717, 1.165) is 56.5 Å². The number of fused-ring (bicyclic) bond motifs is 1. The molecule has 5 atom stereocenters. The second-order valence-corrected chi connectivity index (χ2v) is 10.7. The summed E-state index contributed by atoms with van der Waals surface area (Å²) in [5.41, 5.74) is -0.663. The van der Waals surface area contributed by atoms with Crippen molar-refractivity contribution < 1.29 is 35.5 Å². The first kappa shape index (κ1) is 27.0. The molecule has 1 saturated carbocycles. The number of benzene rings is 2. The largest absolute Gasteiger partial charge is 0.416 e. The average molecular weight is 542 g/mol. The van der Waals surface area contributed by atoms with Crippen molar-refractivity contribution in [3.8, 4) is 0 Å². The molecule has 0 radical (unpaired) electrons. The third kappa shape index (κ3) is 5.58. The van der Waals surface area contributed by atoms with Gasteiger partial charge in [0, 0.05) is 24.7 Å². The number of hydrogen-bond acceptors (Lipinski definition) is 2. The Morgan fingerprint density at radius 2 is 1.55 bits per heavy atom. The molecule has 206 valence electrons. The Morgan fingerprint density at radius 1 is 0.895 bits per heavy atom. The van der Waals surface area contributed by atoms with Gasteiger partial charge >= 0.3 is 12.4 Å². The van der Waals surface area contributed by atoms with E-state index in [1.807, 2.05) is 0 Å². The van der Waals surface area contributed by atoms with Crippen LogP contribution < -0.4 is 0 Å². The number of alkyl halides is 6. The number of allylic oxidation sites excluding steroid dienone is 2. The van der Waals surface area contributed by atoms with Gasteiger partial charge in [-0.2, -0.15) is 26.3 Å². The summed E-state index contributed by atoms with van der Waals surface area (Å²) in [4.78, 5) is 2.41. The van der Waals surface area contributed by atoms with Gasteiger partial charge in [0.1, 0.15) is 5.82 Å². The highest BCUT2D eigenvalue weighted by molar-refractivity contribution is 5.35. The molecule has 2 fully saturated rings. The second-order valence-electron chi connectivity index (χ2n) is 10.7. The molecule has 0 amide bonds. The Labute approximate surface area is 217 Å². The third-order valence-electron chi connectivity index (χ3n) is 8.31. The van der Waals surface area contributed by atoms with Crippen LogP contribution in [0.3, 0.4) is 0 Å². The van der Waals surface area contributed by atoms with E-state index in [0.29, 0.717) is 12.3 Å². The minimum absolute atomic E-state index is 0.133. The summed E-state index contributed by atoms with van der Waals surface area (Å²) in [6, 6.07) is 7.81. The molecule has 0 N–H and O–H groups in total. The van der Waals surface area contributed by atoms with Crippen LogP contribution in [0.15, 0.2) is 54.2 Å². The summed E-state index contributed by atoms with van der Waals surface area (Å²) in [6.07, 6.45) is -4.33. The van der Waals surface area contributed by atoms with Crippen molar-refractivity contribution in [1.29, 1.82) is 0 Å². The normalized spacial score (nSPS) is 26.8. The van der Waals surface area contributed by atoms with Gasteiger partial charge in [-0.05, 0) is 92.3 Å². The maximum absolute atomic E-state index is 13.8. The monoisotopic (exact) mass is 541 g/mol. The zero-order valence-corrected chi connectivity index (χ0v) is 21.0. The van der Waals surface area contributed by atoms with Crippen molar-refractivity contribution >= 4 is 0 Å². The molecule has 2 aliphatic carbocycles. The molecule has 0 spiro atoms. The highest BCUT2D eigenvalue weighted by atomic mass is 19.4. The Balaban J connectivity index is 1.44. The van der Waals surface area contributed by atoms with E-state index < -0.39 is 35.7 Å². The molecular formula is C29H30F7NO. The highest BCUT2D eigenvalue weighted by Crippen LogP contribution is 2.49. The first-order chi connectivity index (χ1) is 17.9. The molecule has 2 aromatic carbocycles. The van der Waals surface area contributed by atoms with Crippen molar-refractivity contribution in [2.75, 3.05) is 13.1 Å². The standard InChI is InChI=1S/C29H30F7NO/c1-17(20-12-21(28(31,32)33)14-22(13-20)29(34,35)36)38-26-11-8-19-15-37(24-4-2-3-5-24)16-25(19)27(26)18-6-9-23(30)10-7-18/h4,6-7,9-10,12-14,17,19,25-27H,2-3,5,8,11,15-16H2,1H3/t17-,19-,25-,26+,27+/m1/s1. The summed E-state index contributed by atoms with van der Waals surface area (Å²) >= 11 is 0. The van der Waals surface area contributed by atoms with Gasteiger partial charge in [0.15, 0.2) is 0 Å². The molecule has 9 heteroatoms. The van der Waals surface area contributed by atoms with Crippen LogP contribution in [0.2, 0.25) is 0 Å². The minimum atomic E-state index is -4.92.